The number of H-pyrrole nitrogens is 1. The molecule has 3 aliphatic rings. The number of hydrogen-bond acceptors (Lipinski definition) is 5. The van der Waals surface area contributed by atoms with E-state index in [1.165, 1.54) is 19.3 Å². The van der Waals surface area contributed by atoms with E-state index in [-0.39, 0.29) is 5.91 Å². The lowest BCUT2D eigenvalue weighted by atomic mass is 10.0. The monoisotopic (exact) mass is 563 g/mol. The summed E-state index contributed by atoms with van der Waals surface area (Å²) in [4.78, 5) is 26.2. The molecule has 1 aromatic carbocycles. The number of imidazole rings is 1. The number of aromatic amines is 1. The Hall–Kier alpha value is -4.14. The minimum atomic E-state index is 0.0888. The molecule has 9 heteroatoms. The van der Waals surface area contributed by atoms with Gasteiger partial charge in [0.05, 0.1) is 29.7 Å². The van der Waals surface area contributed by atoms with Crippen molar-refractivity contribution in [3.05, 3.63) is 47.3 Å². The van der Waals surface area contributed by atoms with Crippen molar-refractivity contribution in [2.45, 2.75) is 59.0 Å². The summed E-state index contributed by atoms with van der Waals surface area (Å²) < 4.78 is 10.3. The molecular weight excluding hydrogens is 526 g/mol. The molecule has 9 nitrogen and oxygen atoms in total. The van der Waals surface area contributed by atoms with E-state index in [1.807, 2.05) is 33.0 Å². The number of fused-ring (bicyclic) bond motifs is 4. The standard InChI is InChI=1S/C33H37N7O2/c1-17-22-9-11-26(17)40(16-22)33(41)23-12-25-30(28(14-23)42-5)38(4)32(35-25)27-13-21-8-10-24(29-18(2)36-37-19(29)3)34-31(21)39(27)15-20-6-7-20/h8,10,12-14,17,20,22,26H,6-7,9,11,15-16H2,1-5H3,(H,36,37)/t17-,22?,26?/m1/s1. The number of benzene rings is 1. The molecule has 5 aromatic rings. The van der Waals surface area contributed by atoms with Crippen molar-refractivity contribution >= 4 is 28.0 Å². The molecular formula is C33H37N7O2. The van der Waals surface area contributed by atoms with Gasteiger partial charge in [0.1, 0.15) is 16.9 Å². The predicted octanol–water partition coefficient (Wildman–Crippen LogP) is 5.89. The van der Waals surface area contributed by atoms with Crippen LogP contribution in [0.3, 0.4) is 0 Å². The quantitative estimate of drug-likeness (QED) is 0.278. The van der Waals surface area contributed by atoms with Gasteiger partial charge in [0, 0.05) is 48.4 Å². The van der Waals surface area contributed by atoms with Crippen molar-refractivity contribution in [1.82, 2.24) is 34.2 Å². The van der Waals surface area contributed by atoms with Crippen LogP contribution < -0.4 is 4.74 Å². The Morgan fingerprint density at radius 3 is 2.60 bits per heavy atom. The van der Waals surface area contributed by atoms with Crippen LogP contribution in [0, 0.1) is 31.6 Å². The van der Waals surface area contributed by atoms with Crippen molar-refractivity contribution < 1.29 is 9.53 Å². The van der Waals surface area contributed by atoms with E-state index in [4.69, 9.17) is 14.7 Å². The molecule has 0 radical (unpaired) electrons. The van der Waals surface area contributed by atoms with Gasteiger partial charge in [-0.1, -0.05) is 6.92 Å². The number of carbonyl (C=O) groups is 1. The third-order valence-corrected chi connectivity index (χ3v) is 10.2. The molecule has 1 aliphatic heterocycles. The lowest BCUT2D eigenvalue weighted by molar-refractivity contribution is 0.0696. The molecule has 42 heavy (non-hydrogen) atoms. The molecule has 5 heterocycles. The van der Waals surface area contributed by atoms with Crippen LogP contribution in [0.4, 0.5) is 0 Å². The normalized spacial score (nSPS) is 21.7. The summed E-state index contributed by atoms with van der Waals surface area (Å²) in [5.74, 6) is 3.45. The molecule has 8 rings (SSSR count). The number of hydrogen-bond donors (Lipinski definition) is 1. The first-order valence-corrected chi connectivity index (χ1v) is 15.2. The number of likely N-dealkylation sites (tertiary alicyclic amines) is 1. The van der Waals surface area contributed by atoms with Gasteiger partial charge in [-0.05, 0) is 87.6 Å². The first-order chi connectivity index (χ1) is 20.3. The van der Waals surface area contributed by atoms with E-state index < -0.39 is 0 Å². The largest absolute Gasteiger partial charge is 0.494 e. The average Bonchev–Trinajstić information content (AvgIpc) is 3.17. The lowest BCUT2D eigenvalue weighted by Crippen LogP contribution is -2.38. The molecule has 1 N–H and O–H groups in total. The van der Waals surface area contributed by atoms with E-state index in [0.29, 0.717) is 35.1 Å². The lowest BCUT2D eigenvalue weighted by Gasteiger charge is -2.27. The van der Waals surface area contributed by atoms with Crippen LogP contribution in [0.25, 0.3) is 44.8 Å². The summed E-state index contributed by atoms with van der Waals surface area (Å²) in [6.45, 7) is 8.10. The molecule has 2 aliphatic carbocycles. The maximum absolute atomic E-state index is 13.7. The number of nitrogens with one attached hydrogen (secondary N) is 1. The first kappa shape index (κ1) is 25.6. The van der Waals surface area contributed by atoms with Crippen molar-refractivity contribution in [3.63, 3.8) is 0 Å². The second-order valence-electron chi connectivity index (χ2n) is 12.8. The molecule has 216 valence electrons. The fourth-order valence-corrected chi connectivity index (χ4v) is 7.65. The SMILES string of the molecule is COc1cc(C(=O)N2CC3CCC2[C@@H]3C)cc2nc(-c3cc4ccc(-c5c(C)n[nH]c5C)nc4n3CC3CC3)n(C)c12. The number of rotatable bonds is 6. The average molecular weight is 564 g/mol. The smallest absolute Gasteiger partial charge is 0.254 e. The Morgan fingerprint density at radius 1 is 1.10 bits per heavy atom. The summed E-state index contributed by atoms with van der Waals surface area (Å²) in [7, 11) is 3.71. The van der Waals surface area contributed by atoms with Crippen molar-refractivity contribution in [3.8, 4) is 28.5 Å². The Morgan fingerprint density at radius 2 is 1.93 bits per heavy atom. The van der Waals surface area contributed by atoms with Gasteiger partial charge in [0.15, 0.2) is 5.82 Å². The molecule has 1 amide bonds. The zero-order valence-corrected chi connectivity index (χ0v) is 24.9. The van der Waals surface area contributed by atoms with Crippen molar-refractivity contribution in [2.24, 2.45) is 24.8 Å². The van der Waals surface area contributed by atoms with Gasteiger partial charge < -0.3 is 18.8 Å². The number of methoxy groups -OCH3 is 1. The zero-order valence-electron chi connectivity index (χ0n) is 24.9. The van der Waals surface area contributed by atoms with Crippen LogP contribution in [0.2, 0.25) is 0 Å². The molecule has 3 atom stereocenters. The second-order valence-corrected chi connectivity index (χ2v) is 12.8. The highest BCUT2D eigenvalue weighted by molar-refractivity contribution is 6.00. The number of pyridine rings is 1. The van der Waals surface area contributed by atoms with Gasteiger partial charge in [-0.15, -0.1) is 0 Å². The fourth-order valence-electron chi connectivity index (χ4n) is 7.65. The second kappa shape index (κ2) is 9.18. The highest BCUT2D eigenvalue weighted by atomic mass is 16.5. The number of amides is 1. The highest BCUT2D eigenvalue weighted by Crippen LogP contribution is 2.44. The number of nitrogens with zero attached hydrogens (tertiary/aromatic N) is 6. The molecule has 2 saturated carbocycles. The van der Waals surface area contributed by atoms with Gasteiger partial charge in [-0.25, -0.2) is 9.97 Å². The first-order valence-electron chi connectivity index (χ1n) is 15.2. The minimum absolute atomic E-state index is 0.0888. The fraction of sp³-hybridized carbons (Fsp3) is 0.455. The summed E-state index contributed by atoms with van der Waals surface area (Å²) in [6, 6.07) is 10.6. The maximum Gasteiger partial charge on any atom is 0.254 e. The molecule has 1 saturated heterocycles. The molecule has 2 unspecified atom stereocenters. The van der Waals surface area contributed by atoms with Gasteiger partial charge in [-0.3, -0.25) is 9.89 Å². The Bertz CT molecular complexity index is 1870. The molecule has 4 aromatic heterocycles. The maximum atomic E-state index is 13.7. The summed E-state index contributed by atoms with van der Waals surface area (Å²) in [5, 5.41) is 8.57. The third kappa shape index (κ3) is 3.75. The van der Waals surface area contributed by atoms with E-state index >= 15 is 0 Å². The summed E-state index contributed by atoms with van der Waals surface area (Å²) in [6.07, 6.45) is 4.80. The van der Waals surface area contributed by atoms with Crippen LogP contribution in [0.1, 0.15) is 54.4 Å². The number of piperidine rings is 1. The number of ether oxygens (including phenoxy) is 1. The molecule has 0 spiro atoms. The van der Waals surface area contributed by atoms with Gasteiger partial charge in [0.2, 0.25) is 0 Å². The van der Waals surface area contributed by atoms with Gasteiger partial charge in [0.25, 0.3) is 5.91 Å². The summed E-state index contributed by atoms with van der Waals surface area (Å²) >= 11 is 0. The van der Waals surface area contributed by atoms with E-state index in [0.717, 1.165) is 75.7 Å². The number of aromatic nitrogens is 6. The number of carbonyl (C=O) groups excluding carboxylic acids is 1. The Kier molecular flexibility index (Phi) is 5.59. The number of aryl methyl sites for hydroxylation is 3. The predicted molar refractivity (Wildman–Crippen MR) is 162 cm³/mol. The molecule has 3 fully saturated rings. The minimum Gasteiger partial charge on any atom is -0.494 e. The molecule has 2 bridgehead atoms. The highest BCUT2D eigenvalue weighted by Gasteiger charge is 2.46. The Labute approximate surface area is 244 Å². The van der Waals surface area contributed by atoms with Crippen LogP contribution in [-0.4, -0.2) is 59.8 Å². The topological polar surface area (TPSA) is 93.9 Å². The van der Waals surface area contributed by atoms with Crippen LogP contribution in [-0.2, 0) is 13.6 Å². The van der Waals surface area contributed by atoms with E-state index in [1.54, 1.807) is 7.11 Å². The van der Waals surface area contributed by atoms with Gasteiger partial charge >= 0.3 is 0 Å². The van der Waals surface area contributed by atoms with E-state index in [2.05, 4.69) is 49.4 Å². The zero-order chi connectivity index (χ0) is 28.9. The van der Waals surface area contributed by atoms with Crippen LogP contribution in [0.15, 0.2) is 30.3 Å². The van der Waals surface area contributed by atoms with Crippen LogP contribution >= 0.6 is 0 Å². The third-order valence-electron chi connectivity index (χ3n) is 10.2. The van der Waals surface area contributed by atoms with Crippen molar-refractivity contribution in [1.29, 1.82) is 0 Å². The summed E-state index contributed by atoms with van der Waals surface area (Å²) in [5.41, 5.74) is 8.25. The van der Waals surface area contributed by atoms with Crippen LogP contribution in [0.5, 0.6) is 5.75 Å². The Balaban J connectivity index is 1.25. The van der Waals surface area contributed by atoms with E-state index in [9.17, 15) is 4.79 Å². The van der Waals surface area contributed by atoms with Gasteiger partial charge in [-0.2, -0.15) is 5.10 Å². The van der Waals surface area contributed by atoms with Crippen molar-refractivity contribution in [2.75, 3.05) is 13.7 Å².